The minimum Gasteiger partial charge on any atom is -0.344 e. The maximum atomic E-state index is 12.8. The van der Waals surface area contributed by atoms with E-state index in [1.165, 1.54) is 17.8 Å². The van der Waals surface area contributed by atoms with Gasteiger partial charge in [0.2, 0.25) is 0 Å². The molecule has 1 amide bonds. The lowest BCUT2D eigenvalue weighted by Gasteiger charge is -2.30. The molecule has 1 heterocycles. The van der Waals surface area contributed by atoms with Gasteiger partial charge in [0.05, 0.1) is 11.0 Å². The number of amides is 1. The van der Waals surface area contributed by atoms with Crippen LogP contribution in [-0.4, -0.2) is 17.1 Å². The number of hydrogen-bond donors (Lipinski definition) is 1. The number of benzene rings is 1. The zero-order chi connectivity index (χ0) is 17.9. The van der Waals surface area contributed by atoms with E-state index in [-0.39, 0.29) is 22.7 Å². The van der Waals surface area contributed by atoms with Gasteiger partial charge < -0.3 is 5.32 Å². The van der Waals surface area contributed by atoms with Crippen molar-refractivity contribution >= 4 is 34.7 Å². The molecule has 0 bridgehead atoms. The Morgan fingerprint density at radius 3 is 2.54 bits per heavy atom. The fraction of sp³-hybridized carbons (Fsp3) is 0.353. The van der Waals surface area contributed by atoms with Crippen molar-refractivity contribution < 1.29 is 9.72 Å². The Bertz CT molecular complexity index is 737. The van der Waals surface area contributed by atoms with E-state index in [1.807, 2.05) is 44.5 Å². The third kappa shape index (κ3) is 4.15. The van der Waals surface area contributed by atoms with Gasteiger partial charge in [0.15, 0.2) is 0 Å². The Morgan fingerprint density at radius 2 is 2.04 bits per heavy atom. The molecule has 0 aliphatic carbocycles. The van der Waals surface area contributed by atoms with Crippen molar-refractivity contribution in [2.45, 2.75) is 31.7 Å². The Hall–Kier alpha value is -1.86. The Kier molecular flexibility index (Phi) is 5.66. The lowest BCUT2D eigenvalue weighted by molar-refractivity contribution is -0.385. The number of thiophene rings is 1. The molecule has 2 aromatic rings. The zero-order valence-corrected chi connectivity index (χ0v) is 15.7. The molecule has 0 saturated heterocycles. The summed E-state index contributed by atoms with van der Waals surface area (Å²) in [5.41, 5.74) is -0.298. The van der Waals surface area contributed by atoms with Crippen molar-refractivity contribution in [2.75, 3.05) is 6.26 Å². The first-order valence-electron chi connectivity index (χ1n) is 7.40. The van der Waals surface area contributed by atoms with Gasteiger partial charge in [-0.3, -0.25) is 14.9 Å². The SMILES string of the molecule is CSc1ccc([N+](=O)[O-])c(C(=O)NC(c2cccs2)C(C)(C)C)c1. The van der Waals surface area contributed by atoms with Crippen LogP contribution in [0.4, 0.5) is 5.69 Å². The van der Waals surface area contributed by atoms with Crippen LogP contribution >= 0.6 is 23.1 Å². The van der Waals surface area contributed by atoms with E-state index in [4.69, 9.17) is 0 Å². The highest BCUT2D eigenvalue weighted by Gasteiger charge is 2.31. The average molecular weight is 364 g/mol. The molecule has 7 heteroatoms. The molecule has 0 radical (unpaired) electrons. The summed E-state index contributed by atoms with van der Waals surface area (Å²) in [6.07, 6.45) is 1.87. The molecule has 1 aromatic heterocycles. The number of hydrogen-bond acceptors (Lipinski definition) is 5. The Balaban J connectivity index is 2.39. The highest BCUT2D eigenvalue weighted by molar-refractivity contribution is 7.98. The second-order valence-corrected chi connectivity index (χ2v) is 8.29. The number of carbonyl (C=O) groups excluding carboxylic acids is 1. The van der Waals surface area contributed by atoms with Crippen LogP contribution < -0.4 is 5.32 Å². The van der Waals surface area contributed by atoms with Crippen LogP contribution in [0.25, 0.3) is 0 Å². The summed E-state index contributed by atoms with van der Waals surface area (Å²) in [6.45, 7) is 6.10. The molecule has 0 saturated carbocycles. The average Bonchev–Trinajstić information content (AvgIpc) is 3.04. The monoisotopic (exact) mass is 364 g/mol. The maximum absolute atomic E-state index is 12.8. The minimum absolute atomic E-state index is 0.0951. The number of nitrogens with one attached hydrogen (secondary N) is 1. The summed E-state index contributed by atoms with van der Waals surface area (Å²) in [5, 5.41) is 16.2. The summed E-state index contributed by atoms with van der Waals surface area (Å²) in [7, 11) is 0. The molecule has 24 heavy (non-hydrogen) atoms. The van der Waals surface area contributed by atoms with Gasteiger partial charge in [-0.2, -0.15) is 0 Å². The topological polar surface area (TPSA) is 72.2 Å². The first kappa shape index (κ1) is 18.5. The summed E-state index contributed by atoms with van der Waals surface area (Å²) < 4.78 is 0. The lowest BCUT2D eigenvalue weighted by Crippen LogP contribution is -2.36. The van der Waals surface area contributed by atoms with Gasteiger partial charge in [0.25, 0.3) is 11.6 Å². The fourth-order valence-corrected chi connectivity index (χ4v) is 3.82. The van der Waals surface area contributed by atoms with E-state index in [1.54, 1.807) is 23.5 Å². The Labute approximate surface area is 149 Å². The van der Waals surface area contributed by atoms with Crippen molar-refractivity contribution in [3.8, 4) is 0 Å². The van der Waals surface area contributed by atoms with Crippen LogP contribution in [0.3, 0.4) is 0 Å². The molecular weight excluding hydrogens is 344 g/mol. The molecular formula is C17H20N2O3S2. The predicted molar refractivity (Wildman–Crippen MR) is 98.9 cm³/mol. The molecule has 2 rings (SSSR count). The number of nitrogens with zero attached hydrogens (tertiary/aromatic N) is 1. The molecule has 0 aliphatic heterocycles. The van der Waals surface area contributed by atoms with E-state index in [2.05, 4.69) is 5.32 Å². The summed E-state index contributed by atoms with van der Waals surface area (Å²) in [6, 6.07) is 8.29. The van der Waals surface area contributed by atoms with Crippen LogP contribution in [0.15, 0.2) is 40.6 Å². The maximum Gasteiger partial charge on any atom is 0.282 e. The first-order chi connectivity index (χ1) is 11.2. The third-order valence-corrected chi connectivity index (χ3v) is 5.28. The molecule has 1 unspecified atom stereocenters. The molecule has 1 aromatic carbocycles. The van der Waals surface area contributed by atoms with Gasteiger partial charge in [-0.05, 0) is 35.2 Å². The second kappa shape index (κ2) is 7.36. The number of thioether (sulfide) groups is 1. The lowest BCUT2D eigenvalue weighted by atomic mass is 9.85. The van der Waals surface area contributed by atoms with E-state index in [0.29, 0.717) is 0 Å². The molecule has 1 atom stereocenters. The van der Waals surface area contributed by atoms with E-state index < -0.39 is 10.8 Å². The molecule has 5 nitrogen and oxygen atoms in total. The predicted octanol–water partition coefficient (Wildman–Crippen LogP) is 4.90. The van der Waals surface area contributed by atoms with Gasteiger partial charge in [-0.15, -0.1) is 23.1 Å². The van der Waals surface area contributed by atoms with Crippen molar-refractivity contribution in [3.63, 3.8) is 0 Å². The van der Waals surface area contributed by atoms with E-state index >= 15 is 0 Å². The van der Waals surface area contributed by atoms with Crippen LogP contribution in [0.1, 0.15) is 42.0 Å². The van der Waals surface area contributed by atoms with Gasteiger partial charge in [0.1, 0.15) is 5.56 Å². The van der Waals surface area contributed by atoms with Crippen molar-refractivity contribution in [3.05, 3.63) is 56.3 Å². The smallest absolute Gasteiger partial charge is 0.282 e. The summed E-state index contributed by atoms with van der Waals surface area (Å²) in [5.74, 6) is -0.425. The van der Waals surface area contributed by atoms with Gasteiger partial charge in [-0.1, -0.05) is 26.8 Å². The second-order valence-electron chi connectivity index (χ2n) is 6.43. The minimum atomic E-state index is -0.518. The largest absolute Gasteiger partial charge is 0.344 e. The molecule has 128 valence electrons. The van der Waals surface area contributed by atoms with Gasteiger partial charge in [-0.25, -0.2) is 0 Å². The highest BCUT2D eigenvalue weighted by Crippen LogP contribution is 2.36. The molecule has 0 aliphatic rings. The van der Waals surface area contributed by atoms with E-state index in [0.717, 1.165) is 9.77 Å². The number of rotatable bonds is 5. The number of nitro benzene ring substituents is 1. The van der Waals surface area contributed by atoms with Crippen LogP contribution in [0.5, 0.6) is 0 Å². The molecule has 0 fully saturated rings. The van der Waals surface area contributed by atoms with Gasteiger partial charge >= 0.3 is 0 Å². The quantitative estimate of drug-likeness (QED) is 0.465. The normalized spacial score (nSPS) is 12.7. The highest BCUT2D eigenvalue weighted by atomic mass is 32.2. The number of nitro groups is 1. The molecule has 0 spiro atoms. The first-order valence-corrected chi connectivity index (χ1v) is 9.51. The van der Waals surface area contributed by atoms with Crippen molar-refractivity contribution in [1.82, 2.24) is 5.32 Å². The van der Waals surface area contributed by atoms with Crippen molar-refractivity contribution in [2.24, 2.45) is 5.41 Å². The standard InChI is InChI=1S/C17H20N2O3S2/c1-17(2,3)15(14-6-5-9-24-14)18-16(20)12-10-11(23-4)7-8-13(12)19(21)22/h5-10,15H,1-4H3,(H,18,20). The summed E-state index contributed by atoms with van der Waals surface area (Å²) >= 11 is 3.00. The zero-order valence-electron chi connectivity index (χ0n) is 14.0. The summed E-state index contributed by atoms with van der Waals surface area (Å²) in [4.78, 5) is 25.4. The van der Waals surface area contributed by atoms with Crippen LogP contribution in [0.2, 0.25) is 0 Å². The Morgan fingerprint density at radius 1 is 1.33 bits per heavy atom. The fourth-order valence-electron chi connectivity index (χ4n) is 2.36. The molecule has 1 N–H and O–H groups in total. The van der Waals surface area contributed by atoms with Crippen LogP contribution in [0, 0.1) is 15.5 Å². The van der Waals surface area contributed by atoms with Crippen molar-refractivity contribution in [1.29, 1.82) is 0 Å². The number of carbonyl (C=O) groups is 1. The van der Waals surface area contributed by atoms with E-state index in [9.17, 15) is 14.9 Å². The van der Waals surface area contributed by atoms with Gasteiger partial charge in [0, 0.05) is 15.8 Å². The third-order valence-electron chi connectivity index (χ3n) is 3.61. The van der Waals surface area contributed by atoms with Crippen LogP contribution in [-0.2, 0) is 0 Å².